The van der Waals surface area contributed by atoms with Gasteiger partial charge in [-0.25, -0.2) is 0 Å². The van der Waals surface area contributed by atoms with Crippen molar-refractivity contribution in [3.05, 3.63) is 35.4 Å². The summed E-state index contributed by atoms with van der Waals surface area (Å²) in [4.78, 5) is 10.9. The van der Waals surface area contributed by atoms with Crippen LogP contribution in [0.3, 0.4) is 0 Å². The molecule has 1 aromatic carbocycles. The Labute approximate surface area is 90.7 Å². The normalized spacial score (nSPS) is 12.4. The minimum atomic E-state index is -0.276. The molecule has 1 unspecified atom stereocenters. The highest BCUT2D eigenvalue weighted by molar-refractivity contribution is 5.74. The molecule has 0 aromatic heterocycles. The summed E-state index contributed by atoms with van der Waals surface area (Å²) < 4.78 is 0. The topological polar surface area (TPSA) is 55.1 Å². The van der Waals surface area contributed by atoms with Crippen molar-refractivity contribution < 1.29 is 4.79 Å². The van der Waals surface area contributed by atoms with Gasteiger partial charge < -0.3 is 11.1 Å². The maximum Gasteiger partial charge on any atom is 0.219 e. The number of carbonyl (C=O) groups excluding carboxylic acids is 1. The van der Waals surface area contributed by atoms with Crippen molar-refractivity contribution >= 4 is 5.91 Å². The number of benzene rings is 1. The summed E-state index contributed by atoms with van der Waals surface area (Å²) in [5.74, 6) is -0.276. The molecule has 0 aliphatic heterocycles. The molecule has 0 saturated heterocycles. The molecule has 15 heavy (non-hydrogen) atoms. The van der Waals surface area contributed by atoms with Crippen molar-refractivity contribution in [2.45, 2.75) is 26.3 Å². The van der Waals surface area contributed by atoms with E-state index >= 15 is 0 Å². The van der Waals surface area contributed by atoms with E-state index in [0.29, 0.717) is 6.42 Å². The first kappa shape index (κ1) is 11.7. The second-order valence-corrected chi connectivity index (χ2v) is 3.69. The number of aryl methyl sites for hydroxylation is 1. The maximum atomic E-state index is 10.9. The predicted molar refractivity (Wildman–Crippen MR) is 61.4 cm³/mol. The van der Waals surface area contributed by atoms with Gasteiger partial charge in [-0.2, -0.15) is 0 Å². The molecular weight excluding hydrogens is 188 g/mol. The van der Waals surface area contributed by atoms with Crippen LogP contribution in [0.1, 0.15) is 30.5 Å². The molecule has 3 heteroatoms. The van der Waals surface area contributed by atoms with Crippen molar-refractivity contribution in [1.82, 2.24) is 5.32 Å². The summed E-state index contributed by atoms with van der Waals surface area (Å²) in [5, 5.41) is 3.25. The lowest BCUT2D eigenvalue weighted by Crippen LogP contribution is -2.26. The Kier molecular flexibility index (Phi) is 4.31. The highest BCUT2D eigenvalue weighted by atomic mass is 16.1. The van der Waals surface area contributed by atoms with Gasteiger partial charge >= 0.3 is 0 Å². The van der Waals surface area contributed by atoms with E-state index in [1.807, 2.05) is 38.1 Å². The van der Waals surface area contributed by atoms with Crippen LogP contribution in [0.15, 0.2) is 24.3 Å². The van der Waals surface area contributed by atoms with Crippen LogP contribution in [-0.2, 0) is 4.79 Å². The molecular formula is C12H18N2O. The van der Waals surface area contributed by atoms with Crippen LogP contribution in [0.25, 0.3) is 0 Å². The molecule has 0 aliphatic carbocycles. The van der Waals surface area contributed by atoms with Crippen LogP contribution in [-0.4, -0.2) is 12.5 Å². The van der Waals surface area contributed by atoms with Gasteiger partial charge in [-0.1, -0.05) is 36.8 Å². The molecule has 82 valence electrons. The number of carbonyl (C=O) groups is 1. The van der Waals surface area contributed by atoms with E-state index in [2.05, 4.69) is 5.32 Å². The minimum Gasteiger partial charge on any atom is -0.370 e. The number of nitrogens with two attached hydrogens (primary N) is 1. The molecule has 0 spiro atoms. The van der Waals surface area contributed by atoms with Crippen molar-refractivity contribution in [3.8, 4) is 0 Å². The molecule has 0 fully saturated rings. The van der Waals surface area contributed by atoms with Crippen LogP contribution >= 0.6 is 0 Å². The molecule has 1 rings (SSSR count). The number of primary amides is 1. The zero-order chi connectivity index (χ0) is 11.3. The Bertz CT molecular complexity index is 319. The first-order valence-corrected chi connectivity index (χ1v) is 5.21. The van der Waals surface area contributed by atoms with E-state index in [9.17, 15) is 4.79 Å². The van der Waals surface area contributed by atoms with E-state index < -0.39 is 0 Å². The van der Waals surface area contributed by atoms with E-state index in [4.69, 9.17) is 5.73 Å². The zero-order valence-electron chi connectivity index (χ0n) is 9.29. The smallest absolute Gasteiger partial charge is 0.219 e. The first-order valence-electron chi connectivity index (χ1n) is 5.21. The van der Waals surface area contributed by atoms with Crippen LogP contribution in [0.2, 0.25) is 0 Å². The van der Waals surface area contributed by atoms with E-state index in [-0.39, 0.29) is 11.9 Å². The van der Waals surface area contributed by atoms with Gasteiger partial charge in [-0.05, 0) is 19.0 Å². The molecule has 0 saturated carbocycles. The Hall–Kier alpha value is -1.35. The second-order valence-electron chi connectivity index (χ2n) is 3.69. The van der Waals surface area contributed by atoms with Crippen molar-refractivity contribution in [1.29, 1.82) is 0 Å². The summed E-state index contributed by atoms with van der Waals surface area (Å²) in [6.07, 6.45) is 0.344. The Morgan fingerprint density at radius 3 is 2.47 bits per heavy atom. The SMILES string of the molecule is CCNC(CC(N)=O)c1ccc(C)cc1. The lowest BCUT2D eigenvalue weighted by Gasteiger charge is -2.16. The molecule has 0 aliphatic rings. The van der Waals surface area contributed by atoms with Gasteiger partial charge in [0.15, 0.2) is 0 Å². The third kappa shape index (κ3) is 3.72. The third-order valence-corrected chi connectivity index (χ3v) is 2.34. The number of nitrogens with one attached hydrogen (secondary N) is 1. The number of amides is 1. The highest BCUT2D eigenvalue weighted by Crippen LogP contribution is 2.16. The van der Waals surface area contributed by atoms with Crippen LogP contribution in [0, 0.1) is 6.92 Å². The van der Waals surface area contributed by atoms with Crippen LogP contribution in [0.5, 0.6) is 0 Å². The summed E-state index contributed by atoms with van der Waals surface area (Å²) in [6, 6.07) is 8.19. The van der Waals surface area contributed by atoms with Gasteiger partial charge in [0.1, 0.15) is 0 Å². The van der Waals surface area contributed by atoms with Gasteiger partial charge in [-0.3, -0.25) is 4.79 Å². The average molecular weight is 206 g/mol. The first-order chi connectivity index (χ1) is 7.13. The standard InChI is InChI=1S/C12H18N2O/c1-3-14-11(8-12(13)15)10-6-4-9(2)5-7-10/h4-7,11,14H,3,8H2,1-2H3,(H2,13,15). The van der Waals surface area contributed by atoms with Crippen molar-refractivity contribution in [2.75, 3.05) is 6.54 Å². The monoisotopic (exact) mass is 206 g/mol. The fraction of sp³-hybridized carbons (Fsp3) is 0.417. The predicted octanol–water partition coefficient (Wildman–Crippen LogP) is 1.52. The molecule has 1 amide bonds. The van der Waals surface area contributed by atoms with Crippen molar-refractivity contribution in [2.24, 2.45) is 5.73 Å². The number of hydrogen-bond acceptors (Lipinski definition) is 2. The number of hydrogen-bond donors (Lipinski definition) is 2. The molecule has 0 heterocycles. The largest absolute Gasteiger partial charge is 0.370 e. The lowest BCUT2D eigenvalue weighted by molar-refractivity contribution is -0.118. The minimum absolute atomic E-state index is 0.0353. The Morgan fingerprint density at radius 1 is 1.40 bits per heavy atom. The summed E-state index contributed by atoms with van der Waals surface area (Å²) >= 11 is 0. The molecule has 3 nitrogen and oxygen atoms in total. The Balaban J connectivity index is 2.78. The summed E-state index contributed by atoms with van der Waals surface area (Å²) in [5.41, 5.74) is 7.54. The molecule has 1 atom stereocenters. The molecule has 1 aromatic rings. The second kappa shape index (κ2) is 5.51. The summed E-state index contributed by atoms with van der Waals surface area (Å²) in [6.45, 7) is 4.88. The third-order valence-electron chi connectivity index (χ3n) is 2.34. The van der Waals surface area contributed by atoms with Gasteiger partial charge in [0.25, 0.3) is 0 Å². The quantitative estimate of drug-likeness (QED) is 0.767. The highest BCUT2D eigenvalue weighted by Gasteiger charge is 2.12. The van der Waals surface area contributed by atoms with Crippen molar-refractivity contribution in [3.63, 3.8) is 0 Å². The maximum absolute atomic E-state index is 10.9. The van der Waals surface area contributed by atoms with E-state index in [0.717, 1.165) is 12.1 Å². The Morgan fingerprint density at radius 2 is 2.00 bits per heavy atom. The van der Waals surface area contributed by atoms with Gasteiger partial charge in [-0.15, -0.1) is 0 Å². The fourth-order valence-electron chi connectivity index (χ4n) is 1.55. The molecule has 3 N–H and O–H groups in total. The zero-order valence-corrected chi connectivity index (χ0v) is 9.29. The summed E-state index contributed by atoms with van der Waals surface area (Å²) in [7, 11) is 0. The average Bonchev–Trinajstić information content (AvgIpc) is 2.17. The lowest BCUT2D eigenvalue weighted by atomic mass is 10.0. The van der Waals surface area contributed by atoms with E-state index in [1.54, 1.807) is 0 Å². The van der Waals surface area contributed by atoms with Gasteiger partial charge in [0.2, 0.25) is 5.91 Å². The van der Waals surface area contributed by atoms with Gasteiger partial charge in [0, 0.05) is 12.5 Å². The fourth-order valence-corrected chi connectivity index (χ4v) is 1.55. The van der Waals surface area contributed by atoms with Gasteiger partial charge in [0.05, 0.1) is 0 Å². The van der Waals surface area contributed by atoms with Crippen LogP contribution < -0.4 is 11.1 Å². The molecule has 0 radical (unpaired) electrons. The molecule has 0 bridgehead atoms. The van der Waals surface area contributed by atoms with Crippen LogP contribution in [0.4, 0.5) is 0 Å². The number of rotatable bonds is 5. The van der Waals surface area contributed by atoms with E-state index in [1.165, 1.54) is 5.56 Å².